The van der Waals surface area contributed by atoms with Gasteiger partial charge < -0.3 is 10.8 Å². The van der Waals surface area contributed by atoms with Gasteiger partial charge in [-0.1, -0.05) is 23.8 Å². The molecule has 1 fully saturated rings. The zero-order valence-corrected chi connectivity index (χ0v) is 10.8. The number of aliphatic hydroxyl groups excluding tert-OH is 1. The monoisotopic (exact) mass is 233 g/mol. The molecule has 1 aliphatic carbocycles. The molecule has 0 saturated heterocycles. The van der Waals surface area contributed by atoms with Gasteiger partial charge in [0.2, 0.25) is 0 Å². The van der Waals surface area contributed by atoms with Crippen molar-refractivity contribution in [2.24, 2.45) is 11.7 Å². The molecule has 0 radical (unpaired) electrons. The fourth-order valence-corrected chi connectivity index (χ4v) is 2.91. The normalized spacial score (nSPS) is 26.8. The molecule has 1 aromatic carbocycles. The van der Waals surface area contributed by atoms with Crippen molar-refractivity contribution in [3.8, 4) is 0 Å². The SMILES string of the molecule is Cc1ccc(C(N)C2CCC(O)CC2)c(C)c1. The third kappa shape index (κ3) is 2.88. The van der Waals surface area contributed by atoms with E-state index in [2.05, 4.69) is 32.0 Å². The van der Waals surface area contributed by atoms with Crippen molar-refractivity contribution in [2.45, 2.75) is 51.7 Å². The first-order chi connectivity index (χ1) is 8.08. The molecule has 1 unspecified atom stereocenters. The number of aliphatic hydroxyl groups is 1. The molecule has 2 rings (SSSR count). The van der Waals surface area contributed by atoms with Crippen LogP contribution in [0, 0.1) is 19.8 Å². The van der Waals surface area contributed by atoms with Crippen LogP contribution in [0.2, 0.25) is 0 Å². The minimum atomic E-state index is -0.0995. The molecule has 3 N–H and O–H groups in total. The summed E-state index contributed by atoms with van der Waals surface area (Å²) in [5.74, 6) is 0.528. The molecule has 2 nitrogen and oxygen atoms in total. The molecule has 1 saturated carbocycles. The molecule has 0 amide bonds. The topological polar surface area (TPSA) is 46.2 Å². The van der Waals surface area contributed by atoms with Gasteiger partial charge in [-0.3, -0.25) is 0 Å². The molecule has 0 aromatic heterocycles. The van der Waals surface area contributed by atoms with E-state index in [1.807, 2.05) is 0 Å². The Hall–Kier alpha value is -0.860. The first-order valence-corrected chi connectivity index (χ1v) is 6.58. The molecular formula is C15H23NO. The summed E-state index contributed by atoms with van der Waals surface area (Å²) in [6, 6.07) is 6.63. The maximum Gasteiger partial charge on any atom is 0.0540 e. The standard InChI is InChI=1S/C15H23NO/c1-10-3-8-14(11(2)9-10)15(16)12-4-6-13(17)7-5-12/h3,8-9,12-13,15,17H,4-7,16H2,1-2H3. The first kappa shape index (κ1) is 12.6. The van der Waals surface area contributed by atoms with Crippen molar-refractivity contribution >= 4 is 0 Å². The lowest BCUT2D eigenvalue weighted by Gasteiger charge is -2.31. The van der Waals surface area contributed by atoms with Crippen LogP contribution in [0.3, 0.4) is 0 Å². The third-order valence-corrected chi connectivity index (χ3v) is 4.03. The van der Waals surface area contributed by atoms with E-state index in [0.717, 1.165) is 25.7 Å². The van der Waals surface area contributed by atoms with Gasteiger partial charge in [-0.05, 0) is 56.6 Å². The molecule has 0 bridgehead atoms. The Bertz CT molecular complexity index is 381. The highest BCUT2D eigenvalue weighted by Crippen LogP contribution is 2.34. The van der Waals surface area contributed by atoms with Crippen LogP contribution in [0.15, 0.2) is 18.2 Å². The smallest absolute Gasteiger partial charge is 0.0540 e. The van der Waals surface area contributed by atoms with E-state index in [0.29, 0.717) is 5.92 Å². The Labute approximate surface area is 104 Å². The maximum atomic E-state index is 9.53. The second kappa shape index (κ2) is 5.19. The largest absolute Gasteiger partial charge is 0.393 e. The van der Waals surface area contributed by atoms with Crippen LogP contribution in [0.5, 0.6) is 0 Å². The van der Waals surface area contributed by atoms with Crippen LogP contribution < -0.4 is 5.73 Å². The van der Waals surface area contributed by atoms with Crippen LogP contribution in [0.25, 0.3) is 0 Å². The number of benzene rings is 1. The van der Waals surface area contributed by atoms with Crippen LogP contribution in [-0.4, -0.2) is 11.2 Å². The Balaban J connectivity index is 2.11. The zero-order chi connectivity index (χ0) is 12.4. The summed E-state index contributed by atoms with van der Waals surface area (Å²) in [6.45, 7) is 4.25. The van der Waals surface area contributed by atoms with Gasteiger partial charge in [-0.25, -0.2) is 0 Å². The summed E-state index contributed by atoms with van der Waals surface area (Å²) in [6.07, 6.45) is 3.82. The van der Waals surface area contributed by atoms with Crippen molar-refractivity contribution in [3.05, 3.63) is 34.9 Å². The lowest BCUT2D eigenvalue weighted by atomic mass is 9.79. The number of aryl methyl sites for hydroxylation is 2. The summed E-state index contributed by atoms with van der Waals surface area (Å²) in [5.41, 5.74) is 10.2. The molecule has 1 aromatic rings. The number of rotatable bonds is 2. The Morgan fingerprint density at radius 2 is 1.82 bits per heavy atom. The van der Waals surface area contributed by atoms with E-state index in [9.17, 15) is 5.11 Å². The Kier molecular flexibility index (Phi) is 3.85. The number of hydrogen-bond donors (Lipinski definition) is 2. The van der Waals surface area contributed by atoms with Gasteiger partial charge in [0, 0.05) is 6.04 Å². The molecule has 1 aliphatic rings. The van der Waals surface area contributed by atoms with Crippen molar-refractivity contribution < 1.29 is 5.11 Å². The lowest BCUT2D eigenvalue weighted by molar-refractivity contribution is 0.102. The number of hydrogen-bond acceptors (Lipinski definition) is 2. The fourth-order valence-electron chi connectivity index (χ4n) is 2.91. The predicted molar refractivity (Wildman–Crippen MR) is 70.8 cm³/mol. The van der Waals surface area contributed by atoms with Crippen LogP contribution in [0.4, 0.5) is 0 Å². The van der Waals surface area contributed by atoms with Gasteiger partial charge in [0.25, 0.3) is 0 Å². The summed E-state index contributed by atoms with van der Waals surface area (Å²) in [4.78, 5) is 0. The minimum absolute atomic E-state index is 0.0995. The van der Waals surface area contributed by atoms with Gasteiger partial charge in [0.05, 0.1) is 6.10 Å². The molecule has 17 heavy (non-hydrogen) atoms. The van der Waals surface area contributed by atoms with Crippen molar-refractivity contribution in [3.63, 3.8) is 0 Å². The second-order valence-corrected chi connectivity index (χ2v) is 5.45. The van der Waals surface area contributed by atoms with Crippen LogP contribution in [0.1, 0.15) is 48.4 Å². The highest BCUT2D eigenvalue weighted by atomic mass is 16.3. The second-order valence-electron chi connectivity index (χ2n) is 5.45. The Morgan fingerprint density at radius 3 is 2.41 bits per heavy atom. The van der Waals surface area contributed by atoms with E-state index in [4.69, 9.17) is 5.73 Å². The predicted octanol–water partition coefficient (Wildman–Crippen LogP) is 2.85. The van der Waals surface area contributed by atoms with Gasteiger partial charge in [0.15, 0.2) is 0 Å². The maximum absolute atomic E-state index is 9.53. The van der Waals surface area contributed by atoms with Crippen molar-refractivity contribution in [1.82, 2.24) is 0 Å². The molecule has 0 aliphatic heterocycles. The van der Waals surface area contributed by atoms with Gasteiger partial charge in [0.1, 0.15) is 0 Å². The molecule has 2 heteroatoms. The van der Waals surface area contributed by atoms with Crippen molar-refractivity contribution in [1.29, 1.82) is 0 Å². The quantitative estimate of drug-likeness (QED) is 0.825. The highest BCUT2D eigenvalue weighted by Gasteiger charge is 2.26. The van der Waals surface area contributed by atoms with Gasteiger partial charge >= 0.3 is 0 Å². The minimum Gasteiger partial charge on any atom is -0.393 e. The molecule has 94 valence electrons. The molecular weight excluding hydrogens is 210 g/mol. The Morgan fingerprint density at radius 1 is 1.18 bits per heavy atom. The van der Waals surface area contributed by atoms with Gasteiger partial charge in [-0.15, -0.1) is 0 Å². The number of nitrogens with two attached hydrogens (primary N) is 1. The molecule has 0 heterocycles. The average molecular weight is 233 g/mol. The molecule has 1 atom stereocenters. The van der Waals surface area contributed by atoms with Crippen LogP contribution >= 0.6 is 0 Å². The highest BCUT2D eigenvalue weighted by molar-refractivity contribution is 5.33. The summed E-state index contributed by atoms with van der Waals surface area (Å²) >= 11 is 0. The fraction of sp³-hybridized carbons (Fsp3) is 0.600. The van der Waals surface area contributed by atoms with E-state index >= 15 is 0 Å². The van der Waals surface area contributed by atoms with E-state index in [1.165, 1.54) is 16.7 Å². The van der Waals surface area contributed by atoms with E-state index < -0.39 is 0 Å². The van der Waals surface area contributed by atoms with Crippen molar-refractivity contribution in [2.75, 3.05) is 0 Å². The molecule has 0 spiro atoms. The average Bonchev–Trinajstić information content (AvgIpc) is 2.29. The summed E-state index contributed by atoms with van der Waals surface area (Å²) in [5, 5.41) is 9.53. The first-order valence-electron chi connectivity index (χ1n) is 6.58. The third-order valence-electron chi connectivity index (χ3n) is 4.03. The van der Waals surface area contributed by atoms with E-state index in [1.54, 1.807) is 0 Å². The van der Waals surface area contributed by atoms with Crippen LogP contribution in [-0.2, 0) is 0 Å². The van der Waals surface area contributed by atoms with Gasteiger partial charge in [-0.2, -0.15) is 0 Å². The van der Waals surface area contributed by atoms with E-state index in [-0.39, 0.29) is 12.1 Å². The zero-order valence-electron chi connectivity index (χ0n) is 10.8. The summed E-state index contributed by atoms with van der Waals surface area (Å²) < 4.78 is 0. The lowest BCUT2D eigenvalue weighted by Crippen LogP contribution is -2.28. The summed E-state index contributed by atoms with van der Waals surface area (Å²) in [7, 11) is 0.